The minimum absolute atomic E-state index is 0.187. The summed E-state index contributed by atoms with van der Waals surface area (Å²) in [7, 11) is 0. The second-order valence-electron chi connectivity index (χ2n) is 6.74. The molecule has 1 aromatic carbocycles. The molecule has 1 aliphatic heterocycles. The van der Waals surface area contributed by atoms with Crippen LogP contribution in [-0.4, -0.2) is 48.0 Å². The van der Waals surface area contributed by atoms with Crippen LogP contribution in [0.4, 0.5) is 10.1 Å². The Bertz CT molecular complexity index is 566. The van der Waals surface area contributed by atoms with Gasteiger partial charge >= 0.3 is 0 Å². The highest BCUT2D eigenvalue weighted by Crippen LogP contribution is 2.45. The largest absolute Gasteiger partial charge is 0.411 e. The maximum atomic E-state index is 13.0. The molecule has 3 atom stereocenters. The molecule has 4 rings (SSSR count). The van der Waals surface area contributed by atoms with E-state index in [0.717, 1.165) is 37.6 Å². The molecule has 0 spiro atoms. The lowest BCUT2D eigenvalue weighted by Gasteiger charge is -2.41. The molecule has 2 aliphatic carbocycles. The Morgan fingerprint density at radius 3 is 2.45 bits per heavy atom. The highest BCUT2D eigenvalue weighted by molar-refractivity contribution is 5.94. The van der Waals surface area contributed by atoms with Crippen molar-refractivity contribution in [3.05, 3.63) is 30.1 Å². The number of anilines is 1. The van der Waals surface area contributed by atoms with Gasteiger partial charge in [0.25, 0.3) is 0 Å². The lowest BCUT2D eigenvalue weighted by atomic mass is 9.91. The molecule has 1 saturated heterocycles. The van der Waals surface area contributed by atoms with E-state index < -0.39 is 0 Å². The van der Waals surface area contributed by atoms with Crippen LogP contribution in [0.3, 0.4) is 0 Å². The quantitative estimate of drug-likeness (QED) is 0.674. The second-order valence-corrected chi connectivity index (χ2v) is 6.74. The van der Waals surface area contributed by atoms with Crippen molar-refractivity contribution < 1.29 is 9.60 Å². The van der Waals surface area contributed by atoms with Crippen LogP contribution in [0.2, 0.25) is 0 Å². The predicted octanol–water partition coefficient (Wildman–Crippen LogP) is 2.58. The van der Waals surface area contributed by atoms with E-state index in [4.69, 9.17) is 0 Å². The molecule has 0 aromatic heterocycles. The van der Waals surface area contributed by atoms with Gasteiger partial charge in [-0.05, 0) is 49.4 Å². The summed E-state index contributed by atoms with van der Waals surface area (Å²) in [5, 5.41) is 13.0. The number of oxime groups is 1. The first-order chi connectivity index (χ1) is 10.8. The fourth-order valence-electron chi connectivity index (χ4n) is 4.59. The molecule has 2 saturated carbocycles. The molecule has 1 N–H and O–H groups in total. The zero-order valence-electron chi connectivity index (χ0n) is 12.7. The van der Waals surface area contributed by atoms with Crippen LogP contribution >= 0.6 is 0 Å². The number of hydrogen-bond acceptors (Lipinski definition) is 4. The van der Waals surface area contributed by atoms with E-state index in [1.54, 1.807) is 0 Å². The first-order valence-electron chi connectivity index (χ1n) is 8.22. The maximum Gasteiger partial charge on any atom is 0.123 e. The number of rotatable bonds is 2. The number of benzene rings is 1. The molecule has 3 aliphatic rings. The van der Waals surface area contributed by atoms with E-state index in [1.165, 1.54) is 31.4 Å². The summed E-state index contributed by atoms with van der Waals surface area (Å²) in [6.45, 7) is 3.84. The van der Waals surface area contributed by atoms with Gasteiger partial charge < -0.3 is 10.1 Å². The minimum Gasteiger partial charge on any atom is -0.411 e. The molecule has 3 fully saturated rings. The number of fused-ring (bicyclic) bond motifs is 2. The SMILES string of the molecule is O/N=C1\[C@H]2CC[C@H](C2)[C@H]1N1CCN(c2ccc(F)cc2)CC1. The van der Waals surface area contributed by atoms with Crippen LogP contribution < -0.4 is 4.90 Å². The number of piperazine rings is 1. The molecule has 22 heavy (non-hydrogen) atoms. The van der Waals surface area contributed by atoms with E-state index >= 15 is 0 Å². The lowest BCUT2D eigenvalue weighted by molar-refractivity contribution is 0.181. The Kier molecular flexibility index (Phi) is 3.53. The van der Waals surface area contributed by atoms with Crippen LogP contribution in [0.15, 0.2) is 29.4 Å². The van der Waals surface area contributed by atoms with Crippen molar-refractivity contribution in [3.63, 3.8) is 0 Å². The third-order valence-electron chi connectivity index (χ3n) is 5.66. The molecule has 0 unspecified atom stereocenters. The molecule has 0 amide bonds. The van der Waals surface area contributed by atoms with Crippen LogP contribution in [0, 0.1) is 17.7 Å². The molecule has 5 heteroatoms. The third kappa shape index (κ3) is 2.28. The number of halogens is 1. The van der Waals surface area contributed by atoms with Gasteiger partial charge in [0.05, 0.1) is 11.8 Å². The lowest BCUT2D eigenvalue weighted by Crippen LogP contribution is -2.54. The molecule has 0 radical (unpaired) electrons. The molecular weight excluding hydrogens is 281 g/mol. The first kappa shape index (κ1) is 14.0. The second kappa shape index (κ2) is 5.54. The van der Waals surface area contributed by atoms with Crippen molar-refractivity contribution >= 4 is 11.4 Å². The maximum absolute atomic E-state index is 13.0. The van der Waals surface area contributed by atoms with Crippen molar-refractivity contribution in [1.29, 1.82) is 0 Å². The van der Waals surface area contributed by atoms with Gasteiger partial charge in [0.15, 0.2) is 0 Å². The zero-order valence-corrected chi connectivity index (χ0v) is 12.7. The highest BCUT2D eigenvalue weighted by Gasteiger charge is 2.48. The summed E-state index contributed by atoms with van der Waals surface area (Å²) in [6, 6.07) is 7.09. The number of nitrogens with zero attached hydrogens (tertiary/aromatic N) is 3. The summed E-state index contributed by atoms with van der Waals surface area (Å²) in [6.07, 6.45) is 3.66. The van der Waals surface area contributed by atoms with Crippen molar-refractivity contribution in [1.82, 2.24) is 4.90 Å². The summed E-state index contributed by atoms with van der Waals surface area (Å²) in [4.78, 5) is 4.79. The first-order valence-corrected chi connectivity index (χ1v) is 8.22. The summed E-state index contributed by atoms with van der Waals surface area (Å²) in [5.74, 6) is 0.997. The monoisotopic (exact) mass is 303 g/mol. The molecule has 1 aromatic rings. The van der Waals surface area contributed by atoms with Gasteiger partial charge in [-0.1, -0.05) is 5.16 Å². The van der Waals surface area contributed by atoms with E-state index in [2.05, 4.69) is 15.0 Å². The van der Waals surface area contributed by atoms with Crippen LogP contribution in [-0.2, 0) is 0 Å². The molecule has 2 bridgehead atoms. The highest BCUT2D eigenvalue weighted by atomic mass is 19.1. The fourth-order valence-corrected chi connectivity index (χ4v) is 4.59. The van der Waals surface area contributed by atoms with Crippen molar-refractivity contribution in [2.75, 3.05) is 31.1 Å². The molecule has 4 nitrogen and oxygen atoms in total. The Hall–Kier alpha value is -1.62. The zero-order chi connectivity index (χ0) is 15.1. The van der Waals surface area contributed by atoms with E-state index in [1.807, 2.05) is 12.1 Å². The predicted molar refractivity (Wildman–Crippen MR) is 84.0 cm³/mol. The third-order valence-corrected chi connectivity index (χ3v) is 5.66. The van der Waals surface area contributed by atoms with Crippen molar-refractivity contribution in [3.8, 4) is 0 Å². The van der Waals surface area contributed by atoms with Gasteiger partial charge in [-0.3, -0.25) is 4.90 Å². The molecular formula is C17H22FN3O. The van der Waals surface area contributed by atoms with Gasteiger partial charge in [0.1, 0.15) is 5.82 Å². The van der Waals surface area contributed by atoms with Crippen LogP contribution in [0.1, 0.15) is 19.3 Å². The van der Waals surface area contributed by atoms with Gasteiger partial charge in [0, 0.05) is 37.8 Å². The molecule has 118 valence electrons. The standard InChI is InChI=1S/C17H22FN3O/c18-14-3-5-15(6-4-14)20-7-9-21(10-8-20)17-13-2-1-12(11-13)16(17)19-22/h3-6,12-13,17,22H,1-2,7-11H2/b19-16+/t12-,13+,17+/m0/s1. The Labute approximate surface area is 130 Å². The summed E-state index contributed by atoms with van der Waals surface area (Å²) in [5.41, 5.74) is 2.11. The summed E-state index contributed by atoms with van der Waals surface area (Å²) >= 11 is 0. The van der Waals surface area contributed by atoms with E-state index in [-0.39, 0.29) is 5.82 Å². The van der Waals surface area contributed by atoms with E-state index in [9.17, 15) is 9.60 Å². The van der Waals surface area contributed by atoms with Crippen molar-refractivity contribution in [2.24, 2.45) is 17.0 Å². The van der Waals surface area contributed by atoms with Gasteiger partial charge in [-0.2, -0.15) is 0 Å². The Morgan fingerprint density at radius 1 is 1.05 bits per heavy atom. The van der Waals surface area contributed by atoms with Crippen molar-refractivity contribution in [2.45, 2.75) is 25.3 Å². The summed E-state index contributed by atoms with van der Waals surface area (Å²) < 4.78 is 13.0. The minimum atomic E-state index is -0.187. The van der Waals surface area contributed by atoms with Crippen LogP contribution in [0.5, 0.6) is 0 Å². The topological polar surface area (TPSA) is 39.1 Å². The van der Waals surface area contributed by atoms with Gasteiger partial charge in [-0.15, -0.1) is 0 Å². The Morgan fingerprint density at radius 2 is 1.77 bits per heavy atom. The smallest absolute Gasteiger partial charge is 0.123 e. The average Bonchev–Trinajstić information content (AvgIpc) is 3.16. The van der Waals surface area contributed by atoms with Gasteiger partial charge in [-0.25, -0.2) is 4.39 Å². The van der Waals surface area contributed by atoms with Gasteiger partial charge in [0.2, 0.25) is 0 Å². The molecule has 1 heterocycles. The number of hydrogen-bond donors (Lipinski definition) is 1. The normalized spacial score (nSPS) is 33.8. The van der Waals surface area contributed by atoms with E-state index in [0.29, 0.717) is 17.9 Å². The fraction of sp³-hybridized carbons (Fsp3) is 0.588. The Balaban J connectivity index is 1.43. The average molecular weight is 303 g/mol. The van der Waals surface area contributed by atoms with Crippen LogP contribution in [0.25, 0.3) is 0 Å².